The van der Waals surface area contributed by atoms with E-state index in [2.05, 4.69) is 10.2 Å². The molecule has 1 aromatic carbocycles. The first-order valence-electron chi connectivity index (χ1n) is 6.57. The van der Waals surface area contributed by atoms with Gasteiger partial charge in [0.25, 0.3) is 0 Å². The number of rotatable bonds is 8. The van der Waals surface area contributed by atoms with Gasteiger partial charge in [-0.3, -0.25) is 4.79 Å². The standard InChI is InChI=1S/C14H17N3O3S/c1-11-3-2-4-12(9-11)20-8-7-17(6-5-13(18)19)14-16-15-10-21-14/h2-4,9-10H,5-8H2,1H3,(H,18,19). The van der Waals surface area contributed by atoms with Crippen molar-refractivity contribution in [1.82, 2.24) is 10.2 Å². The van der Waals surface area contributed by atoms with Gasteiger partial charge in [-0.25, -0.2) is 0 Å². The van der Waals surface area contributed by atoms with Crippen molar-refractivity contribution in [2.45, 2.75) is 13.3 Å². The molecule has 0 spiro atoms. The smallest absolute Gasteiger partial charge is 0.305 e. The summed E-state index contributed by atoms with van der Waals surface area (Å²) in [6, 6.07) is 7.82. The van der Waals surface area contributed by atoms with E-state index in [-0.39, 0.29) is 6.42 Å². The van der Waals surface area contributed by atoms with Crippen molar-refractivity contribution in [2.24, 2.45) is 0 Å². The number of nitrogens with zero attached hydrogens (tertiary/aromatic N) is 3. The molecule has 0 radical (unpaired) electrons. The Kier molecular flexibility index (Phi) is 5.51. The highest BCUT2D eigenvalue weighted by atomic mass is 32.1. The lowest BCUT2D eigenvalue weighted by molar-refractivity contribution is -0.136. The highest BCUT2D eigenvalue weighted by molar-refractivity contribution is 7.13. The van der Waals surface area contributed by atoms with Crippen molar-refractivity contribution in [1.29, 1.82) is 0 Å². The van der Waals surface area contributed by atoms with E-state index >= 15 is 0 Å². The number of anilines is 1. The van der Waals surface area contributed by atoms with E-state index in [0.717, 1.165) is 11.3 Å². The molecule has 112 valence electrons. The van der Waals surface area contributed by atoms with E-state index in [9.17, 15) is 4.79 Å². The Hall–Kier alpha value is -2.15. The fourth-order valence-electron chi connectivity index (χ4n) is 1.82. The van der Waals surface area contributed by atoms with Crippen molar-refractivity contribution in [2.75, 3.05) is 24.6 Å². The maximum absolute atomic E-state index is 10.7. The van der Waals surface area contributed by atoms with Gasteiger partial charge in [-0.05, 0) is 24.6 Å². The second kappa shape index (κ2) is 7.58. The van der Waals surface area contributed by atoms with Gasteiger partial charge < -0.3 is 14.7 Å². The molecule has 0 fully saturated rings. The van der Waals surface area contributed by atoms with Gasteiger partial charge in [-0.1, -0.05) is 23.5 Å². The number of hydrogen-bond donors (Lipinski definition) is 1. The highest BCUT2D eigenvalue weighted by Crippen LogP contribution is 2.17. The van der Waals surface area contributed by atoms with Crippen molar-refractivity contribution >= 4 is 22.4 Å². The lowest BCUT2D eigenvalue weighted by Crippen LogP contribution is -2.30. The molecular weight excluding hydrogens is 290 g/mol. The van der Waals surface area contributed by atoms with Crippen LogP contribution in [0.25, 0.3) is 0 Å². The number of carboxylic acid groups (broad SMARTS) is 1. The second-order valence-corrected chi connectivity index (χ2v) is 5.33. The zero-order valence-electron chi connectivity index (χ0n) is 11.7. The molecule has 0 saturated carbocycles. The zero-order chi connectivity index (χ0) is 15.1. The van der Waals surface area contributed by atoms with Crippen LogP contribution in [0.4, 0.5) is 5.13 Å². The van der Waals surface area contributed by atoms with Crippen LogP contribution >= 0.6 is 11.3 Å². The molecule has 1 N–H and O–H groups in total. The van der Waals surface area contributed by atoms with Gasteiger partial charge >= 0.3 is 5.97 Å². The Bertz CT molecular complexity index is 575. The number of ether oxygens (including phenoxy) is 1. The van der Waals surface area contributed by atoms with Gasteiger partial charge in [0.05, 0.1) is 13.0 Å². The summed E-state index contributed by atoms with van der Waals surface area (Å²) in [5.74, 6) is -0.0189. The molecule has 0 aliphatic rings. The van der Waals surface area contributed by atoms with E-state index < -0.39 is 5.97 Å². The van der Waals surface area contributed by atoms with Crippen LogP contribution in [0.5, 0.6) is 5.75 Å². The molecule has 0 aliphatic heterocycles. The first-order valence-corrected chi connectivity index (χ1v) is 7.45. The Morgan fingerprint density at radius 2 is 2.29 bits per heavy atom. The molecule has 0 aliphatic carbocycles. The molecule has 0 saturated heterocycles. The van der Waals surface area contributed by atoms with E-state index in [1.54, 1.807) is 5.51 Å². The molecule has 0 amide bonds. The molecule has 0 unspecified atom stereocenters. The number of benzene rings is 1. The Labute approximate surface area is 127 Å². The highest BCUT2D eigenvalue weighted by Gasteiger charge is 2.11. The van der Waals surface area contributed by atoms with Gasteiger partial charge in [0.2, 0.25) is 5.13 Å². The first kappa shape index (κ1) is 15.2. The Balaban J connectivity index is 1.88. The summed E-state index contributed by atoms with van der Waals surface area (Å²) in [4.78, 5) is 12.6. The molecular formula is C14H17N3O3S. The number of aryl methyl sites for hydroxylation is 1. The third-order valence-electron chi connectivity index (χ3n) is 2.83. The average Bonchev–Trinajstić information content (AvgIpc) is 2.96. The lowest BCUT2D eigenvalue weighted by atomic mass is 10.2. The Morgan fingerprint density at radius 3 is 2.95 bits per heavy atom. The van der Waals surface area contributed by atoms with Crippen molar-refractivity contribution in [3.05, 3.63) is 35.3 Å². The number of aliphatic carboxylic acids is 1. The SMILES string of the molecule is Cc1cccc(OCCN(CCC(=O)O)c2nncs2)c1. The number of carbonyl (C=O) groups is 1. The molecule has 2 aromatic rings. The van der Waals surface area contributed by atoms with Crippen molar-refractivity contribution < 1.29 is 14.6 Å². The summed E-state index contributed by atoms with van der Waals surface area (Å²) >= 11 is 1.39. The van der Waals surface area contributed by atoms with Crippen LogP contribution in [0.3, 0.4) is 0 Å². The van der Waals surface area contributed by atoms with Gasteiger partial charge in [0, 0.05) is 6.54 Å². The van der Waals surface area contributed by atoms with E-state index in [0.29, 0.717) is 24.8 Å². The van der Waals surface area contributed by atoms with Crippen LogP contribution in [0, 0.1) is 6.92 Å². The van der Waals surface area contributed by atoms with Crippen LogP contribution < -0.4 is 9.64 Å². The fraction of sp³-hybridized carbons (Fsp3) is 0.357. The van der Waals surface area contributed by atoms with Gasteiger partial charge in [-0.15, -0.1) is 10.2 Å². The summed E-state index contributed by atoms with van der Waals surface area (Å²) in [5, 5.41) is 17.3. The summed E-state index contributed by atoms with van der Waals surface area (Å²) in [5.41, 5.74) is 2.77. The predicted octanol–water partition coefficient (Wildman–Crippen LogP) is 2.21. The summed E-state index contributed by atoms with van der Waals surface area (Å²) in [6.45, 7) is 3.42. The van der Waals surface area contributed by atoms with Crippen LogP contribution in [0.2, 0.25) is 0 Å². The number of carboxylic acids is 1. The van der Waals surface area contributed by atoms with Gasteiger partial charge in [-0.2, -0.15) is 0 Å². The maximum atomic E-state index is 10.7. The molecule has 6 nitrogen and oxygen atoms in total. The summed E-state index contributed by atoms with van der Waals surface area (Å²) < 4.78 is 5.69. The van der Waals surface area contributed by atoms with Gasteiger partial charge in [0.1, 0.15) is 17.9 Å². The number of hydrogen-bond acceptors (Lipinski definition) is 6. The minimum atomic E-state index is -0.830. The largest absolute Gasteiger partial charge is 0.492 e. The molecule has 2 rings (SSSR count). The second-order valence-electron chi connectivity index (χ2n) is 4.52. The molecule has 1 heterocycles. The zero-order valence-corrected chi connectivity index (χ0v) is 12.5. The van der Waals surface area contributed by atoms with Crippen molar-refractivity contribution in [3.63, 3.8) is 0 Å². The van der Waals surface area contributed by atoms with E-state index in [1.165, 1.54) is 11.3 Å². The maximum Gasteiger partial charge on any atom is 0.305 e. The van der Waals surface area contributed by atoms with E-state index in [4.69, 9.17) is 9.84 Å². The Morgan fingerprint density at radius 1 is 1.43 bits per heavy atom. The first-order chi connectivity index (χ1) is 10.1. The topological polar surface area (TPSA) is 75.5 Å². The normalized spacial score (nSPS) is 10.3. The summed E-state index contributed by atoms with van der Waals surface area (Å²) in [6.07, 6.45) is 0.0595. The van der Waals surface area contributed by atoms with Crippen LogP contribution in [-0.2, 0) is 4.79 Å². The molecule has 21 heavy (non-hydrogen) atoms. The minimum absolute atomic E-state index is 0.0595. The minimum Gasteiger partial charge on any atom is -0.492 e. The fourth-order valence-corrected chi connectivity index (χ4v) is 2.43. The lowest BCUT2D eigenvalue weighted by Gasteiger charge is -2.20. The monoisotopic (exact) mass is 307 g/mol. The van der Waals surface area contributed by atoms with Crippen LogP contribution in [-0.4, -0.2) is 41.0 Å². The molecule has 0 bridgehead atoms. The van der Waals surface area contributed by atoms with Crippen LogP contribution in [0.15, 0.2) is 29.8 Å². The van der Waals surface area contributed by atoms with E-state index in [1.807, 2.05) is 36.1 Å². The third kappa shape index (κ3) is 5.03. The van der Waals surface area contributed by atoms with Crippen molar-refractivity contribution in [3.8, 4) is 5.75 Å². The number of aromatic nitrogens is 2. The molecule has 7 heteroatoms. The molecule has 1 aromatic heterocycles. The average molecular weight is 307 g/mol. The van der Waals surface area contributed by atoms with Crippen LogP contribution in [0.1, 0.15) is 12.0 Å². The quantitative estimate of drug-likeness (QED) is 0.806. The summed E-state index contributed by atoms with van der Waals surface area (Å²) in [7, 11) is 0. The third-order valence-corrected chi connectivity index (χ3v) is 3.58. The van der Waals surface area contributed by atoms with Gasteiger partial charge in [0.15, 0.2) is 0 Å². The predicted molar refractivity (Wildman–Crippen MR) is 81.0 cm³/mol. The molecule has 0 atom stereocenters.